The fourth-order valence-corrected chi connectivity index (χ4v) is 4.44. The van der Waals surface area contributed by atoms with Crippen molar-refractivity contribution in [2.45, 2.75) is 38.3 Å². The molecular weight excluding hydrogens is 423 g/mol. The lowest BCUT2D eigenvalue weighted by Crippen LogP contribution is -2.53. The van der Waals surface area contributed by atoms with Crippen LogP contribution in [-0.4, -0.2) is 58.4 Å². The number of carbonyl (C=O) groups is 1. The van der Waals surface area contributed by atoms with Gasteiger partial charge in [-0.15, -0.1) is 0 Å². The first kappa shape index (κ1) is 22.5. The van der Waals surface area contributed by atoms with Gasteiger partial charge in [0.05, 0.1) is 17.6 Å². The lowest BCUT2D eigenvalue weighted by Gasteiger charge is -2.47. The minimum atomic E-state index is -4.12. The third kappa shape index (κ3) is 4.87. The summed E-state index contributed by atoms with van der Waals surface area (Å²) in [4.78, 5) is 21.5. The van der Waals surface area contributed by atoms with Crippen LogP contribution in [0.15, 0.2) is 36.7 Å². The van der Waals surface area contributed by atoms with Gasteiger partial charge in [-0.05, 0) is 62.4 Å². The first-order valence-corrected chi connectivity index (χ1v) is 10.8. The van der Waals surface area contributed by atoms with E-state index in [0.717, 1.165) is 12.8 Å². The lowest BCUT2D eigenvalue weighted by molar-refractivity contribution is -0.256. The zero-order valence-electron chi connectivity index (χ0n) is 17.6. The Hall–Kier alpha value is -2.68. The molecule has 0 atom stereocenters. The van der Waals surface area contributed by atoms with Gasteiger partial charge in [-0.2, -0.15) is 13.2 Å². The van der Waals surface area contributed by atoms with Crippen molar-refractivity contribution in [2.24, 2.45) is 11.3 Å². The van der Waals surface area contributed by atoms with E-state index in [4.69, 9.17) is 9.84 Å². The highest BCUT2D eigenvalue weighted by Crippen LogP contribution is 2.53. The first-order valence-electron chi connectivity index (χ1n) is 10.8. The van der Waals surface area contributed by atoms with Gasteiger partial charge in [0.15, 0.2) is 0 Å². The zero-order chi connectivity index (χ0) is 22.8. The van der Waals surface area contributed by atoms with Crippen LogP contribution in [0.3, 0.4) is 0 Å². The van der Waals surface area contributed by atoms with Crippen LogP contribution in [0.25, 0.3) is 11.1 Å². The van der Waals surface area contributed by atoms with Gasteiger partial charge in [0.1, 0.15) is 0 Å². The molecule has 32 heavy (non-hydrogen) atoms. The number of likely N-dealkylation sites (tertiary alicyclic amines) is 1. The molecule has 2 aliphatic rings. The first-order chi connectivity index (χ1) is 15.3. The normalized spacial score (nSPS) is 19.3. The highest BCUT2D eigenvalue weighted by molar-refractivity contribution is 5.89. The number of rotatable bonds is 7. The van der Waals surface area contributed by atoms with Crippen molar-refractivity contribution in [1.29, 1.82) is 0 Å². The molecule has 0 unspecified atom stereocenters. The maximum atomic E-state index is 13.4. The number of hydrogen-bond acceptors (Lipinski definition) is 5. The Kier molecular flexibility index (Phi) is 6.37. The summed E-state index contributed by atoms with van der Waals surface area (Å²) in [6.07, 6.45) is 1.77. The van der Waals surface area contributed by atoms with Crippen LogP contribution in [0, 0.1) is 11.3 Å². The van der Waals surface area contributed by atoms with Gasteiger partial charge < -0.3 is 14.7 Å². The molecule has 2 aromatic rings. The third-order valence-corrected chi connectivity index (χ3v) is 6.66. The minimum absolute atomic E-state index is 0.109. The van der Waals surface area contributed by atoms with Gasteiger partial charge in [0.2, 0.25) is 0 Å². The number of aromatic carboxylic acids is 1. The van der Waals surface area contributed by atoms with E-state index >= 15 is 0 Å². The van der Waals surface area contributed by atoms with Crippen molar-refractivity contribution >= 4 is 5.97 Å². The summed E-state index contributed by atoms with van der Waals surface area (Å²) in [7, 11) is 0. The van der Waals surface area contributed by atoms with Crippen molar-refractivity contribution in [1.82, 2.24) is 14.9 Å². The molecule has 0 bridgehead atoms. The molecule has 6 nitrogen and oxygen atoms in total. The second-order valence-corrected chi connectivity index (χ2v) is 8.80. The van der Waals surface area contributed by atoms with E-state index < -0.39 is 17.6 Å². The van der Waals surface area contributed by atoms with E-state index in [1.807, 2.05) is 4.90 Å². The highest BCUT2D eigenvalue weighted by Gasteiger charge is 2.58. The number of carboxylic acids is 1. The molecule has 0 amide bonds. The molecule has 1 aromatic carbocycles. The highest BCUT2D eigenvalue weighted by atomic mass is 19.4. The smallest absolute Gasteiger partial charge is 0.395 e. The lowest BCUT2D eigenvalue weighted by atomic mass is 9.67. The van der Waals surface area contributed by atoms with Crippen LogP contribution in [0.1, 0.15) is 42.5 Å². The fraction of sp³-hybridized carbons (Fsp3) is 0.522. The molecule has 9 heteroatoms. The Morgan fingerprint density at radius 1 is 1.16 bits per heavy atom. The van der Waals surface area contributed by atoms with Crippen molar-refractivity contribution in [3.05, 3.63) is 42.2 Å². The Morgan fingerprint density at radius 3 is 2.41 bits per heavy atom. The van der Waals surface area contributed by atoms with Crippen molar-refractivity contribution in [3.63, 3.8) is 0 Å². The van der Waals surface area contributed by atoms with Gasteiger partial charge >= 0.3 is 18.2 Å². The number of alkyl halides is 3. The average molecular weight is 449 g/mol. The summed E-state index contributed by atoms with van der Waals surface area (Å²) in [5.41, 5.74) is 0.0681. The fourth-order valence-electron chi connectivity index (χ4n) is 4.44. The van der Waals surface area contributed by atoms with Crippen LogP contribution in [0.4, 0.5) is 13.2 Å². The predicted octanol–water partition coefficient (Wildman–Crippen LogP) is 4.67. The van der Waals surface area contributed by atoms with Crippen molar-refractivity contribution < 1.29 is 27.8 Å². The Morgan fingerprint density at radius 2 is 1.84 bits per heavy atom. The van der Waals surface area contributed by atoms with Crippen LogP contribution in [-0.2, 0) is 0 Å². The van der Waals surface area contributed by atoms with Crippen LogP contribution < -0.4 is 4.74 Å². The molecule has 1 saturated heterocycles. The number of benzene rings is 1. The topological polar surface area (TPSA) is 75.6 Å². The minimum Gasteiger partial charge on any atom is -0.478 e. The Labute approximate surface area is 184 Å². The summed E-state index contributed by atoms with van der Waals surface area (Å²) >= 11 is 0. The molecule has 1 aliphatic heterocycles. The molecule has 4 rings (SSSR count). The van der Waals surface area contributed by atoms with Gasteiger partial charge in [0, 0.05) is 24.5 Å². The van der Waals surface area contributed by atoms with Crippen molar-refractivity contribution in [2.75, 3.05) is 26.2 Å². The molecule has 1 saturated carbocycles. The maximum absolute atomic E-state index is 13.4. The van der Waals surface area contributed by atoms with Crippen molar-refractivity contribution in [3.8, 4) is 17.1 Å². The number of nitrogens with zero attached hydrogens (tertiary/aromatic N) is 3. The number of piperidine rings is 1. The summed E-state index contributed by atoms with van der Waals surface area (Å²) in [6.45, 7) is 1.82. The van der Waals surface area contributed by atoms with E-state index in [9.17, 15) is 18.0 Å². The van der Waals surface area contributed by atoms with E-state index in [1.54, 1.807) is 30.6 Å². The van der Waals surface area contributed by atoms with E-state index in [1.165, 1.54) is 6.07 Å². The van der Waals surface area contributed by atoms with Crippen LogP contribution in [0.5, 0.6) is 6.01 Å². The number of ether oxygens (including phenoxy) is 1. The summed E-state index contributed by atoms with van der Waals surface area (Å²) in [5.74, 6) is -0.745. The molecule has 2 heterocycles. The Bertz CT molecular complexity index is 937. The zero-order valence-corrected chi connectivity index (χ0v) is 17.6. The number of carboxylic acid groups (broad SMARTS) is 1. The Balaban J connectivity index is 1.25. The van der Waals surface area contributed by atoms with E-state index in [0.29, 0.717) is 37.2 Å². The van der Waals surface area contributed by atoms with E-state index in [2.05, 4.69) is 9.97 Å². The molecular formula is C23H26F3N3O3. The predicted molar refractivity (Wildman–Crippen MR) is 111 cm³/mol. The monoisotopic (exact) mass is 449 g/mol. The summed E-state index contributed by atoms with van der Waals surface area (Å²) in [5, 5.41) is 9.11. The summed E-state index contributed by atoms with van der Waals surface area (Å²) in [6, 6.07) is 6.76. The maximum Gasteiger partial charge on any atom is 0.395 e. The number of halogens is 3. The molecule has 1 aromatic heterocycles. The largest absolute Gasteiger partial charge is 0.478 e. The third-order valence-electron chi connectivity index (χ3n) is 6.66. The van der Waals surface area contributed by atoms with Crippen LogP contribution in [0.2, 0.25) is 0 Å². The van der Waals surface area contributed by atoms with Crippen LogP contribution >= 0.6 is 0 Å². The number of aromatic nitrogens is 2. The SMILES string of the molecule is O=C(O)c1cccc(-c2cnc(OCC3CCN(CC4(C(F)(F)F)CCC4)CC3)nc2)c1. The van der Waals surface area contributed by atoms with Gasteiger partial charge in [-0.25, -0.2) is 14.8 Å². The summed E-state index contributed by atoms with van der Waals surface area (Å²) < 4.78 is 45.9. The molecule has 2 fully saturated rings. The standard InChI is InChI=1S/C23H26F3N3O3/c24-23(25,26)22(7-2-8-22)15-29-9-5-16(6-10-29)14-32-21-27-12-19(13-28-21)17-3-1-4-18(11-17)20(30)31/h1,3-4,11-13,16H,2,5-10,14-15H2,(H,30,31). The number of hydrogen-bond donors (Lipinski definition) is 1. The second-order valence-electron chi connectivity index (χ2n) is 8.80. The molecule has 1 N–H and O–H groups in total. The second kappa shape index (κ2) is 9.05. The van der Waals surface area contributed by atoms with Gasteiger partial charge in [-0.1, -0.05) is 18.6 Å². The average Bonchev–Trinajstić information content (AvgIpc) is 2.75. The molecule has 172 valence electrons. The quantitative estimate of drug-likeness (QED) is 0.662. The molecule has 1 aliphatic carbocycles. The van der Waals surface area contributed by atoms with E-state index in [-0.39, 0.29) is 36.9 Å². The molecule has 0 radical (unpaired) electrons. The van der Waals surface area contributed by atoms with Gasteiger partial charge in [0.25, 0.3) is 0 Å². The van der Waals surface area contributed by atoms with Gasteiger partial charge in [-0.3, -0.25) is 0 Å². The molecule has 0 spiro atoms.